The SMILES string of the molecule is CCCCCCCCC/C=C\CCCCCCCCCC(=O)OCCCCCCCCCCCC/C=C\CCCCCCCCCC(=O)NC(CO)C(O)/C=C/CCCCCCCCCCCCCCCCCCCCC. The van der Waals surface area contributed by atoms with Gasteiger partial charge in [0, 0.05) is 12.8 Å². The summed E-state index contributed by atoms with van der Waals surface area (Å²) < 4.78 is 5.50. The molecule has 0 aromatic heterocycles. The van der Waals surface area contributed by atoms with Crippen molar-refractivity contribution in [3.05, 3.63) is 36.5 Å². The largest absolute Gasteiger partial charge is 0.466 e. The number of aliphatic hydroxyl groups excluding tert-OH is 2. The van der Waals surface area contributed by atoms with Gasteiger partial charge in [0.15, 0.2) is 0 Å². The highest BCUT2D eigenvalue weighted by atomic mass is 16.5. The highest BCUT2D eigenvalue weighted by Crippen LogP contribution is 2.18. The zero-order valence-corrected chi connectivity index (χ0v) is 52.0. The molecule has 0 saturated heterocycles. The number of nitrogens with one attached hydrogen (secondary N) is 1. The van der Waals surface area contributed by atoms with Gasteiger partial charge in [-0.3, -0.25) is 9.59 Å². The fourth-order valence-electron chi connectivity index (χ4n) is 10.8. The number of hydrogen-bond donors (Lipinski definition) is 3. The molecule has 1 amide bonds. The van der Waals surface area contributed by atoms with Crippen LogP contribution < -0.4 is 5.32 Å². The third kappa shape index (κ3) is 63.1. The minimum atomic E-state index is -0.851. The molecule has 0 fully saturated rings. The van der Waals surface area contributed by atoms with Gasteiger partial charge in [0.2, 0.25) is 5.91 Å². The Morgan fingerprint density at radius 3 is 0.922 bits per heavy atom. The quantitative estimate of drug-likeness (QED) is 0.0320. The standard InChI is InChI=1S/C71H135NO5/c1-3-5-7-9-11-13-15-17-19-21-23-25-28-31-35-39-43-47-51-55-59-63-69(74)68(67-73)72-70(75)64-60-56-52-48-44-40-36-32-29-26-24-27-30-34-38-42-46-50-54-58-62-66-77-71(76)65-61-57-53-49-45-41-37-33-22-20-18-16-14-12-10-8-6-4-2/h20,22,26,29,59,63,68-69,73-74H,3-19,21,23-25,27-28,30-58,60-62,64-67H2,1-2H3,(H,72,75)/b22-20-,29-26-,63-59+. The van der Waals surface area contributed by atoms with Crippen LogP contribution >= 0.6 is 0 Å². The van der Waals surface area contributed by atoms with E-state index in [0.29, 0.717) is 19.4 Å². The first-order valence-electron chi connectivity index (χ1n) is 34.8. The molecule has 0 bridgehead atoms. The Bertz CT molecular complexity index is 1250. The fraction of sp³-hybridized carbons (Fsp3) is 0.887. The monoisotopic (exact) mass is 1080 g/mol. The zero-order chi connectivity index (χ0) is 55.7. The number of aliphatic hydroxyl groups is 2. The van der Waals surface area contributed by atoms with E-state index >= 15 is 0 Å². The lowest BCUT2D eigenvalue weighted by atomic mass is 10.0. The van der Waals surface area contributed by atoms with Gasteiger partial charge in [-0.1, -0.05) is 320 Å². The molecule has 77 heavy (non-hydrogen) atoms. The molecule has 6 nitrogen and oxygen atoms in total. The predicted octanol–water partition coefficient (Wildman–Crippen LogP) is 22.3. The summed E-state index contributed by atoms with van der Waals surface area (Å²) >= 11 is 0. The predicted molar refractivity (Wildman–Crippen MR) is 338 cm³/mol. The number of hydrogen-bond acceptors (Lipinski definition) is 5. The van der Waals surface area contributed by atoms with Gasteiger partial charge in [-0.25, -0.2) is 0 Å². The molecule has 2 atom stereocenters. The fourth-order valence-corrected chi connectivity index (χ4v) is 10.8. The lowest BCUT2D eigenvalue weighted by Gasteiger charge is -2.20. The number of allylic oxidation sites excluding steroid dienone is 5. The van der Waals surface area contributed by atoms with E-state index in [9.17, 15) is 19.8 Å². The minimum absolute atomic E-state index is 0.00526. The van der Waals surface area contributed by atoms with E-state index in [4.69, 9.17) is 4.74 Å². The molecule has 0 aliphatic carbocycles. The van der Waals surface area contributed by atoms with Crippen LogP contribution in [0.25, 0.3) is 0 Å². The van der Waals surface area contributed by atoms with Gasteiger partial charge >= 0.3 is 5.97 Å². The van der Waals surface area contributed by atoms with Crippen LogP contribution in [0.2, 0.25) is 0 Å². The summed E-state index contributed by atoms with van der Waals surface area (Å²) in [5.74, 6) is -0.0673. The van der Waals surface area contributed by atoms with Crippen LogP contribution in [0.1, 0.15) is 380 Å². The van der Waals surface area contributed by atoms with E-state index in [2.05, 4.69) is 43.5 Å². The maximum absolute atomic E-state index is 12.5. The van der Waals surface area contributed by atoms with E-state index in [1.54, 1.807) is 6.08 Å². The van der Waals surface area contributed by atoms with Crippen LogP contribution in [0.5, 0.6) is 0 Å². The van der Waals surface area contributed by atoms with Gasteiger partial charge in [0.1, 0.15) is 0 Å². The van der Waals surface area contributed by atoms with Crippen LogP contribution in [0.15, 0.2) is 36.5 Å². The lowest BCUT2D eigenvalue weighted by Crippen LogP contribution is -2.45. The normalized spacial score (nSPS) is 12.7. The molecule has 0 saturated carbocycles. The van der Waals surface area contributed by atoms with Crippen molar-refractivity contribution in [3.8, 4) is 0 Å². The molecule has 0 aromatic carbocycles. The smallest absolute Gasteiger partial charge is 0.305 e. The first-order chi connectivity index (χ1) is 38.0. The number of esters is 1. The Morgan fingerprint density at radius 2 is 0.610 bits per heavy atom. The molecular weight excluding hydrogens is 947 g/mol. The second kappa shape index (κ2) is 66.6. The summed E-state index contributed by atoms with van der Waals surface area (Å²) in [5, 5.41) is 23.2. The lowest BCUT2D eigenvalue weighted by molar-refractivity contribution is -0.143. The number of amides is 1. The van der Waals surface area contributed by atoms with Crippen molar-refractivity contribution in [2.45, 2.75) is 392 Å². The highest BCUT2D eigenvalue weighted by molar-refractivity contribution is 5.76. The van der Waals surface area contributed by atoms with Gasteiger partial charge in [-0.15, -0.1) is 0 Å². The van der Waals surface area contributed by atoms with Crippen molar-refractivity contribution in [1.82, 2.24) is 5.32 Å². The molecule has 0 aliphatic heterocycles. The zero-order valence-electron chi connectivity index (χ0n) is 52.0. The van der Waals surface area contributed by atoms with Gasteiger partial charge < -0.3 is 20.3 Å². The van der Waals surface area contributed by atoms with E-state index in [-0.39, 0.29) is 18.5 Å². The minimum Gasteiger partial charge on any atom is -0.466 e. The van der Waals surface area contributed by atoms with Crippen LogP contribution in [-0.4, -0.2) is 47.4 Å². The summed E-state index contributed by atoms with van der Waals surface area (Å²) in [6.07, 6.45) is 84.9. The van der Waals surface area contributed by atoms with Crippen molar-refractivity contribution >= 4 is 11.9 Å². The summed E-state index contributed by atoms with van der Waals surface area (Å²) in [6, 6.07) is -0.635. The topological polar surface area (TPSA) is 95.9 Å². The molecule has 0 rings (SSSR count). The summed E-state index contributed by atoms with van der Waals surface area (Å²) in [7, 11) is 0. The maximum Gasteiger partial charge on any atom is 0.305 e. The molecule has 0 heterocycles. The highest BCUT2D eigenvalue weighted by Gasteiger charge is 2.18. The first kappa shape index (κ1) is 75.1. The Kier molecular flexibility index (Phi) is 64.9. The first-order valence-corrected chi connectivity index (χ1v) is 34.8. The van der Waals surface area contributed by atoms with Crippen LogP contribution in [0.4, 0.5) is 0 Å². The molecule has 0 spiro atoms. The number of unbranched alkanes of at least 4 members (excludes halogenated alkanes) is 50. The van der Waals surface area contributed by atoms with Crippen molar-refractivity contribution in [2.75, 3.05) is 13.2 Å². The number of rotatable bonds is 65. The summed E-state index contributed by atoms with van der Waals surface area (Å²) in [6.45, 7) is 4.92. The Hall–Kier alpha value is -1.92. The second-order valence-electron chi connectivity index (χ2n) is 23.9. The summed E-state index contributed by atoms with van der Waals surface area (Å²) in [5.41, 5.74) is 0. The van der Waals surface area contributed by atoms with Crippen molar-refractivity contribution < 1.29 is 24.5 Å². The molecular formula is C71H135NO5. The Morgan fingerprint density at radius 1 is 0.351 bits per heavy atom. The average Bonchev–Trinajstić information content (AvgIpc) is 3.43. The number of carbonyl (C=O) groups excluding carboxylic acids is 2. The second-order valence-corrected chi connectivity index (χ2v) is 23.9. The van der Waals surface area contributed by atoms with E-state index in [1.807, 2.05) is 6.08 Å². The molecule has 6 heteroatoms. The third-order valence-electron chi connectivity index (χ3n) is 16.1. The molecule has 3 N–H and O–H groups in total. The van der Waals surface area contributed by atoms with Crippen LogP contribution in [-0.2, 0) is 14.3 Å². The van der Waals surface area contributed by atoms with Crippen molar-refractivity contribution in [2.24, 2.45) is 0 Å². The molecule has 454 valence electrons. The molecule has 0 aliphatic rings. The van der Waals surface area contributed by atoms with E-state index in [1.165, 1.54) is 302 Å². The summed E-state index contributed by atoms with van der Waals surface area (Å²) in [4.78, 5) is 24.6. The van der Waals surface area contributed by atoms with Crippen LogP contribution in [0.3, 0.4) is 0 Å². The Balaban J connectivity index is 3.44. The Labute approximate surface area is 481 Å². The maximum atomic E-state index is 12.5. The molecule has 2 unspecified atom stereocenters. The average molecular weight is 1080 g/mol. The van der Waals surface area contributed by atoms with Gasteiger partial charge in [0.25, 0.3) is 0 Å². The van der Waals surface area contributed by atoms with Gasteiger partial charge in [0.05, 0.1) is 25.4 Å². The number of carbonyl (C=O) groups is 2. The van der Waals surface area contributed by atoms with Crippen molar-refractivity contribution in [1.29, 1.82) is 0 Å². The van der Waals surface area contributed by atoms with E-state index in [0.717, 1.165) is 51.4 Å². The van der Waals surface area contributed by atoms with Crippen LogP contribution in [0, 0.1) is 0 Å². The number of ether oxygens (including phenoxy) is 1. The molecule has 0 aromatic rings. The van der Waals surface area contributed by atoms with Crippen molar-refractivity contribution in [3.63, 3.8) is 0 Å². The third-order valence-corrected chi connectivity index (χ3v) is 16.1. The van der Waals surface area contributed by atoms with E-state index < -0.39 is 12.1 Å². The van der Waals surface area contributed by atoms with Gasteiger partial charge in [-0.05, 0) is 83.5 Å². The van der Waals surface area contributed by atoms with Gasteiger partial charge in [-0.2, -0.15) is 0 Å². The molecule has 0 radical (unpaired) electrons.